The summed E-state index contributed by atoms with van der Waals surface area (Å²) in [7, 11) is 0. The number of carbonyl (C=O) groups excluding carboxylic acids is 3. The molecule has 0 heterocycles. The number of carbonyl (C=O) groups is 3. The normalized spacial score (nSPS) is 10.1. The van der Waals surface area contributed by atoms with Crippen molar-refractivity contribution in [2.24, 2.45) is 0 Å². The van der Waals surface area contributed by atoms with Crippen LogP contribution >= 0.6 is 0 Å². The second-order valence-corrected chi connectivity index (χ2v) is 5.62. The predicted octanol–water partition coefficient (Wildman–Crippen LogP) is 1.03. The quantitative estimate of drug-likeness (QED) is 0.708. The highest BCUT2D eigenvalue weighted by Gasteiger charge is 2.15. The summed E-state index contributed by atoms with van der Waals surface area (Å²) in [6, 6.07) is 8.02. The van der Waals surface area contributed by atoms with Gasteiger partial charge in [0.25, 0.3) is 0 Å². The first-order valence-corrected chi connectivity index (χ1v) is 8.33. The number of hydrogen-bond donors (Lipinski definition) is 2. The smallest absolute Gasteiger partial charge is 0.242 e. The monoisotopic (exact) mass is 333 g/mol. The molecule has 0 aliphatic heterocycles. The lowest BCUT2D eigenvalue weighted by molar-refractivity contribution is -0.136. The molecule has 0 aromatic heterocycles. The molecule has 0 bridgehead atoms. The van der Waals surface area contributed by atoms with Gasteiger partial charge in [0.15, 0.2) is 0 Å². The Bertz CT molecular complexity index is 555. The molecule has 0 unspecified atom stereocenters. The number of benzene rings is 1. The van der Waals surface area contributed by atoms with Crippen LogP contribution in [0.15, 0.2) is 24.3 Å². The molecule has 6 heteroatoms. The van der Waals surface area contributed by atoms with Gasteiger partial charge in [0.05, 0.1) is 13.1 Å². The Morgan fingerprint density at radius 1 is 1.00 bits per heavy atom. The SMILES string of the molecule is CCNC(=O)CN(CC)C(=O)CNC(=O)CCc1ccc(C)cc1. The van der Waals surface area contributed by atoms with E-state index >= 15 is 0 Å². The molecule has 3 amide bonds. The van der Waals surface area contributed by atoms with E-state index in [1.165, 1.54) is 10.5 Å². The lowest BCUT2D eigenvalue weighted by atomic mass is 10.1. The third-order valence-corrected chi connectivity index (χ3v) is 3.64. The van der Waals surface area contributed by atoms with Crippen LogP contribution in [0.25, 0.3) is 0 Å². The minimum Gasteiger partial charge on any atom is -0.355 e. The molecule has 132 valence electrons. The fourth-order valence-electron chi connectivity index (χ4n) is 2.19. The Labute approximate surface area is 143 Å². The topological polar surface area (TPSA) is 78.5 Å². The molecule has 0 atom stereocenters. The second kappa shape index (κ2) is 10.4. The highest BCUT2D eigenvalue weighted by Crippen LogP contribution is 2.05. The van der Waals surface area contributed by atoms with E-state index in [0.29, 0.717) is 25.9 Å². The van der Waals surface area contributed by atoms with Crippen molar-refractivity contribution in [2.45, 2.75) is 33.6 Å². The maximum Gasteiger partial charge on any atom is 0.242 e. The molecular weight excluding hydrogens is 306 g/mol. The van der Waals surface area contributed by atoms with Crippen molar-refractivity contribution < 1.29 is 14.4 Å². The van der Waals surface area contributed by atoms with Crippen molar-refractivity contribution in [3.05, 3.63) is 35.4 Å². The molecule has 24 heavy (non-hydrogen) atoms. The standard InChI is InChI=1S/C18H27N3O3/c1-4-19-17(23)13-21(5-2)18(24)12-20-16(22)11-10-15-8-6-14(3)7-9-15/h6-9H,4-5,10-13H2,1-3H3,(H,19,23)(H,20,22). The number of rotatable bonds is 9. The van der Waals surface area contributed by atoms with Crippen LogP contribution in [0, 0.1) is 6.92 Å². The van der Waals surface area contributed by atoms with E-state index in [-0.39, 0.29) is 30.8 Å². The summed E-state index contributed by atoms with van der Waals surface area (Å²) < 4.78 is 0. The summed E-state index contributed by atoms with van der Waals surface area (Å²) in [5.41, 5.74) is 2.27. The van der Waals surface area contributed by atoms with Gasteiger partial charge in [-0.3, -0.25) is 14.4 Å². The van der Waals surface area contributed by atoms with Crippen LogP contribution in [-0.4, -0.2) is 48.8 Å². The molecule has 0 radical (unpaired) electrons. The maximum absolute atomic E-state index is 12.1. The van der Waals surface area contributed by atoms with E-state index in [1.54, 1.807) is 6.92 Å². The zero-order valence-electron chi connectivity index (χ0n) is 14.7. The van der Waals surface area contributed by atoms with E-state index in [1.807, 2.05) is 38.1 Å². The number of nitrogens with zero attached hydrogens (tertiary/aromatic N) is 1. The molecule has 0 aliphatic rings. The summed E-state index contributed by atoms with van der Waals surface area (Å²) in [4.78, 5) is 36.9. The van der Waals surface area contributed by atoms with Crippen molar-refractivity contribution in [2.75, 3.05) is 26.2 Å². The van der Waals surface area contributed by atoms with Crippen molar-refractivity contribution in [3.8, 4) is 0 Å². The molecule has 0 saturated heterocycles. The van der Waals surface area contributed by atoms with Gasteiger partial charge in [0.1, 0.15) is 0 Å². The van der Waals surface area contributed by atoms with Crippen LogP contribution in [0.5, 0.6) is 0 Å². The molecule has 1 aromatic carbocycles. The molecule has 0 spiro atoms. The summed E-state index contributed by atoms with van der Waals surface area (Å²) in [6.07, 6.45) is 0.968. The molecule has 0 saturated carbocycles. The Hall–Kier alpha value is -2.37. The van der Waals surface area contributed by atoms with Gasteiger partial charge in [-0.25, -0.2) is 0 Å². The van der Waals surface area contributed by atoms with Gasteiger partial charge in [-0.2, -0.15) is 0 Å². The average molecular weight is 333 g/mol. The maximum atomic E-state index is 12.1. The van der Waals surface area contributed by atoms with E-state index in [4.69, 9.17) is 0 Å². The first kappa shape index (κ1) is 19.7. The Morgan fingerprint density at radius 3 is 2.25 bits per heavy atom. The third kappa shape index (κ3) is 7.26. The summed E-state index contributed by atoms with van der Waals surface area (Å²) in [5.74, 6) is -0.621. The molecule has 0 fully saturated rings. The van der Waals surface area contributed by atoms with Gasteiger partial charge in [-0.15, -0.1) is 0 Å². The summed E-state index contributed by atoms with van der Waals surface area (Å²) in [5, 5.41) is 5.27. The van der Waals surface area contributed by atoms with Gasteiger partial charge < -0.3 is 15.5 Å². The van der Waals surface area contributed by atoms with Gasteiger partial charge in [0.2, 0.25) is 17.7 Å². The number of nitrogens with one attached hydrogen (secondary N) is 2. The van der Waals surface area contributed by atoms with Crippen LogP contribution in [0.4, 0.5) is 0 Å². The van der Waals surface area contributed by atoms with E-state index in [9.17, 15) is 14.4 Å². The highest BCUT2D eigenvalue weighted by molar-refractivity contribution is 5.88. The first-order chi connectivity index (χ1) is 11.5. The van der Waals surface area contributed by atoms with Gasteiger partial charge in [-0.05, 0) is 32.8 Å². The van der Waals surface area contributed by atoms with Crippen LogP contribution in [0.2, 0.25) is 0 Å². The fourth-order valence-corrected chi connectivity index (χ4v) is 2.19. The highest BCUT2D eigenvalue weighted by atomic mass is 16.2. The molecular formula is C18H27N3O3. The lowest BCUT2D eigenvalue weighted by Crippen LogP contribution is -2.45. The molecule has 2 N–H and O–H groups in total. The van der Waals surface area contributed by atoms with E-state index in [2.05, 4.69) is 10.6 Å². The zero-order valence-corrected chi connectivity index (χ0v) is 14.7. The van der Waals surface area contributed by atoms with Gasteiger partial charge >= 0.3 is 0 Å². The van der Waals surface area contributed by atoms with E-state index in [0.717, 1.165) is 5.56 Å². The second-order valence-electron chi connectivity index (χ2n) is 5.62. The van der Waals surface area contributed by atoms with Crippen molar-refractivity contribution >= 4 is 17.7 Å². The van der Waals surface area contributed by atoms with E-state index < -0.39 is 0 Å². The zero-order chi connectivity index (χ0) is 17.9. The van der Waals surface area contributed by atoms with Gasteiger partial charge in [-0.1, -0.05) is 29.8 Å². The van der Waals surface area contributed by atoms with Crippen LogP contribution in [-0.2, 0) is 20.8 Å². The first-order valence-electron chi connectivity index (χ1n) is 8.33. The minimum atomic E-state index is -0.257. The number of amides is 3. The Balaban J connectivity index is 2.34. The van der Waals surface area contributed by atoms with Crippen LogP contribution in [0.3, 0.4) is 0 Å². The number of hydrogen-bond acceptors (Lipinski definition) is 3. The Morgan fingerprint density at radius 2 is 1.67 bits per heavy atom. The molecule has 0 aliphatic carbocycles. The average Bonchev–Trinajstić information content (AvgIpc) is 2.57. The largest absolute Gasteiger partial charge is 0.355 e. The predicted molar refractivity (Wildman–Crippen MR) is 93.4 cm³/mol. The summed E-state index contributed by atoms with van der Waals surface area (Å²) in [6.45, 7) is 6.53. The molecule has 6 nitrogen and oxygen atoms in total. The number of aryl methyl sites for hydroxylation is 2. The lowest BCUT2D eigenvalue weighted by Gasteiger charge is -2.20. The van der Waals surface area contributed by atoms with Crippen LogP contribution in [0.1, 0.15) is 31.4 Å². The van der Waals surface area contributed by atoms with Crippen molar-refractivity contribution in [3.63, 3.8) is 0 Å². The summed E-state index contributed by atoms with van der Waals surface area (Å²) >= 11 is 0. The fraction of sp³-hybridized carbons (Fsp3) is 0.500. The van der Waals surface area contributed by atoms with Crippen molar-refractivity contribution in [1.29, 1.82) is 0 Å². The Kier molecular flexibility index (Phi) is 8.54. The molecule has 1 aromatic rings. The van der Waals surface area contributed by atoms with Crippen LogP contribution < -0.4 is 10.6 Å². The molecule has 1 rings (SSSR count). The third-order valence-electron chi connectivity index (χ3n) is 3.64. The van der Waals surface area contributed by atoms with Crippen molar-refractivity contribution in [1.82, 2.24) is 15.5 Å². The van der Waals surface area contributed by atoms with Gasteiger partial charge in [0, 0.05) is 19.5 Å². The minimum absolute atomic E-state index is 0.0163. The number of likely N-dealkylation sites (N-methyl/N-ethyl adjacent to an activating group) is 2.